The fraction of sp³-hybridized carbons (Fsp3) is 0.368. The van der Waals surface area contributed by atoms with Crippen molar-refractivity contribution in [2.75, 3.05) is 5.75 Å². The van der Waals surface area contributed by atoms with Gasteiger partial charge in [-0.25, -0.2) is 9.78 Å². The number of hydrazine groups is 1. The number of carbonyl (C=O) groups is 3. The molecule has 1 aliphatic heterocycles. The normalized spacial score (nSPS) is 21.7. The average Bonchev–Trinajstić information content (AvgIpc) is 3.40. The summed E-state index contributed by atoms with van der Waals surface area (Å²) in [7, 11) is 0. The van der Waals surface area contributed by atoms with Crippen molar-refractivity contribution in [1.82, 2.24) is 25.3 Å². The minimum Gasteiger partial charge on any atom is -0.323 e. The van der Waals surface area contributed by atoms with Crippen molar-refractivity contribution < 1.29 is 14.4 Å². The first kappa shape index (κ1) is 18.5. The number of hydrogen-bond donors (Lipinski definition) is 2. The third-order valence-electron chi connectivity index (χ3n) is 5.03. The second kappa shape index (κ2) is 7.31. The molecule has 1 aromatic heterocycles. The van der Waals surface area contributed by atoms with E-state index in [1.165, 1.54) is 11.8 Å². The van der Waals surface area contributed by atoms with Crippen LogP contribution in [0.25, 0.3) is 0 Å². The number of hydrogen-bond acceptors (Lipinski definition) is 5. The molecule has 1 unspecified atom stereocenters. The third kappa shape index (κ3) is 3.26. The summed E-state index contributed by atoms with van der Waals surface area (Å²) in [6, 6.07) is 8.89. The first-order chi connectivity index (χ1) is 13.5. The zero-order chi connectivity index (χ0) is 19.7. The summed E-state index contributed by atoms with van der Waals surface area (Å²) in [6.45, 7) is 1.82. The number of rotatable bonds is 7. The molecule has 2 N–H and O–H groups in total. The summed E-state index contributed by atoms with van der Waals surface area (Å²) in [5.74, 6) is -0.853. The van der Waals surface area contributed by atoms with Crippen LogP contribution in [0.4, 0.5) is 4.79 Å². The smallest absolute Gasteiger partial charge is 0.323 e. The number of benzene rings is 1. The number of aromatic nitrogens is 2. The highest BCUT2D eigenvalue weighted by molar-refractivity contribution is 7.99. The summed E-state index contributed by atoms with van der Waals surface area (Å²) in [6.07, 6.45) is 6.24. The van der Waals surface area contributed by atoms with Gasteiger partial charge < -0.3 is 9.88 Å². The van der Waals surface area contributed by atoms with E-state index in [1.807, 2.05) is 31.3 Å². The van der Waals surface area contributed by atoms with Crippen LogP contribution in [-0.2, 0) is 15.1 Å². The predicted molar refractivity (Wildman–Crippen MR) is 103 cm³/mol. The third-order valence-corrected chi connectivity index (χ3v) is 6.01. The SMILES string of the molecule is CCC1(c2ccccc2)NC(=O)N(NC(=O)CSc2nccn2C2CC2)C1=O. The van der Waals surface area contributed by atoms with Gasteiger partial charge in [0.25, 0.3) is 5.91 Å². The Labute approximate surface area is 166 Å². The van der Waals surface area contributed by atoms with Crippen molar-refractivity contribution in [3.8, 4) is 0 Å². The first-order valence-electron chi connectivity index (χ1n) is 9.22. The standard InChI is InChI=1S/C19H21N5O3S/c1-2-19(13-6-4-3-5-7-13)16(26)24(17(27)21-19)22-15(25)12-28-18-20-10-11-23(18)14-8-9-14/h3-7,10-11,14H,2,8-9,12H2,1H3,(H,21,27)(H,22,25). The Bertz CT molecular complexity index is 911. The molecule has 0 bridgehead atoms. The second-order valence-corrected chi connectivity index (χ2v) is 7.81. The molecule has 1 aromatic carbocycles. The van der Waals surface area contributed by atoms with Crippen molar-refractivity contribution in [2.45, 2.75) is 42.9 Å². The van der Waals surface area contributed by atoms with Gasteiger partial charge in [-0.05, 0) is 24.8 Å². The zero-order valence-electron chi connectivity index (χ0n) is 15.4. The van der Waals surface area contributed by atoms with Crippen LogP contribution in [0.2, 0.25) is 0 Å². The summed E-state index contributed by atoms with van der Waals surface area (Å²) >= 11 is 1.29. The Balaban J connectivity index is 1.42. The largest absolute Gasteiger partial charge is 0.344 e. The van der Waals surface area contributed by atoms with Crippen LogP contribution in [0, 0.1) is 0 Å². The molecule has 1 saturated heterocycles. The lowest BCUT2D eigenvalue weighted by molar-refractivity contribution is -0.138. The summed E-state index contributed by atoms with van der Waals surface area (Å²) in [5, 5.41) is 4.29. The number of carbonyl (C=O) groups excluding carboxylic acids is 3. The monoisotopic (exact) mass is 399 g/mol. The summed E-state index contributed by atoms with van der Waals surface area (Å²) < 4.78 is 2.06. The van der Waals surface area contributed by atoms with Crippen LogP contribution < -0.4 is 10.7 Å². The van der Waals surface area contributed by atoms with Crippen molar-refractivity contribution in [1.29, 1.82) is 0 Å². The van der Waals surface area contributed by atoms with Crippen molar-refractivity contribution >= 4 is 29.6 Å². The van der Waals surface area contributed by atoms with E-state index in [1.54, 1.807) is 18.3 Å². The molecule has 0 spiro atoms. The molecule has 2 fully saturated rings. The minimum absolute atomic E-state index is 0.0608. The molecule has 4 amide bonds. The number of urea groups is 1. The maximum Gasteiger partial charge on any atom is 0.344 e. The van der Waals surface area contributed by atoms with Crippen molar-refractivity contribution in [2.24, 2.45) is 0 Å². The van der Waals surface area contributed by atoms with E-state index >= 15 is 0 Å². The lowest BCUT2D eigenvalue weighted by Crippen LogP contribution is -2.49. The minimum atomic E-state index is -1.17. The number of amides is 4. The van der Waals surface area contributed by atoms with E-state index < -0.39 is 23.4 Å². The van der Waals surface area contributed by atoms with Crippen LogP contribution in [0.5, 0.6) is 0 Å². The Kier molecular flexibility index (Phi) is 4.84. The van der Waals surface area contributed by atoms with Gasteiger partial charge in [0.1, 0.15) is 5.54 Å². The number of thioether (sulfide) groups is 1. The van der Waals surface area contributed by atoms with Gasteiger partial charge in [0.15, 0.2) is 5.16 Å². The van der Waals surface area contributed by atoms with Crippen LogP contribution in [-0.4, -0.2) is 38.2 Å². The highest BCUT2D eigenvalue weighted by Crippen LogP contribution is 2.37. The highest BCUT2D eigenvalue weighted by Gasteiger charge is 2.52. The molecule has 28 heavy (non-hydrogen) atoms. The fourth-order valence-corrected chi connectivity index (χ4v) is 4.19. The molecule has 146 valence electrons. The maximum atomic E-state index is 13.0. The van der Waals surface area contributed by atoms with Gasteiger partial charge in [-0.1, -0.05) is 49.0 Å². The molecule has 2 aromatic rings. The Hall–Kier alpha value is -2.81. The number of nitrogens with one attached hydrogen (secondary N) is 2. The zero-order valence-corrected chi connectivity index (χ0v) is 16.2. The number of imide groups is 1. The van der Waals surface area contributed by atoms with Gasteiger partial charge in [-0.2, -0.15) is 5.01 Å². The fourth-order valence-electron chi connectivity index (χ4n) is 3.37. The number of imidazole rings is 1. The molecule has 9 heteroatoms. The van der Waals surface area contributed by atoms with Crippen molar-refractivity contribution in [3.63, 3.8) is 0 Å². The van der Waals surface area contributed by atoms with Crippen LogP contribution in [0.3, 0.4) is 0 Å². The lowest BCUT2D eigenvalue weighted by Gasteiger charge is -2.25. The van der Waals surface area contributed by atoms with Crippen LogP contribution in [0.15, 0.2) is 47.9 Å². The molecule has 2 heterocycles. The van der Waals surface area contributed by atoms with Crippen molar-refractivity contribution in [3.05, 3.63) is 48.3 Å². The predicted octanol–water partition coefficient (Wildman–Crippen LogP) is 2.20. The lowest BCUT2D eigenvalue weighted by atomic mass is 9.87. The van der Waals surface area contributed by atoms with E-state index in [2.05, 4.69) is 20.3 Å². The highest BCUT2D eigenvalue weighted by atomic mass is 32.2. The molecule has 8 nitrogen and oxygen atoms in total. The quantitative estimate of drug-likeness (QED) is 0.550. The van der Waals surface area contributed by atoms with Gasteiger partial charge in [-0.15, -0.1) is 0 Å². The van der Waals surface area contributed by atoms with Gasteiger partial charge in [0.2, 0.25) is 5.91 Å². The molecule has 1 saturated carbocycles. The first-order valence-corrected chi connectivity index (χ1v) is 10.2. The van der Waals surface area contributed by atoms with Gasteiger partial charge in [0.05, 0.1) is 5.75 Å². The van der Waals surface area contributed by atoms with E-state index in [4.69, 9.17) is 0 Å². The van der Waals surface area contributed by atoms with E-state index in [9.17, 15) is 14.4 Å². The molecule has 1 atom stereocenters. The van der Waals surface area contributed by atoms with Gasteiger partial charge in [-0.3, -0.25) is 15.0 Å². The van der Waals surface area contributed by atoms with E-state index in [0.29, 0.717) is 18.0 Å². The summed E-state index contributed by atoms with van der Waals surface area (Å²) in [5.41, 5.74) is 1.96. The Morgan fingerprint density at radius 1 is 1.32 bits per heavy atom. The van der Waals surface area contributed by atoms with E-state index in [0.717, 1.165) is 23.0 Å². The Morgan fingerprint density at radius 3 is 2.75 bits per heavy atom. The molecule has 2 aliphatic rings. The van der Waals surface area contributed by atoms with Crippen LogP contribution in [0.1, 0.15) is 37.8 Å². The summed E-state index contributed by atoms with van der Waals surface area (Å²) in [4.78, 5) is 42.1. The van der Waals surface area contributed by atoms with Crippen LogP contribution >= 0.6 is 11.8 Å². The van der Waals surface area contributed by atoms with Gasteiger partial charge >= 0.3 is 6.03 Å². The van der Waals surface area contributed by atoms with Gasteiger partial charge in [0, 0.05) is 18.4 Å². The topological polar surface area (TPSA) is 96.3 Å². The molecular weight excluding hydrogens is 378 g/mol. The Morgan fingerprint density at radius 2 is 2.07 bits per heavy atom. The van der Waals surface area contributed by atoms with E-state index in [-0.39, 0.29) is 5.75 Å². The number of nitrogens with zero attached hydrogens (tertiary/aromatic N) is 3. The molecule has 4 rings (SSSR count). The molecule has 0 radical (unpaired) electrons. The molecule has 1 aliphatic carbocycles. The maximum absolute atomic E-state index is 13.0. The second-order valence-electron chi connectivity index (χ2n) is 6.87. The average molecular weight is 399 g/mol. The molecular formula is C19H21N5O3S.